The van der Waals surface area contributed by atoms with Gasteiger partial charge in [-0.25, -0.2) is 0 Å². The van der Waals surface area contributed by atoms with Crippen molar-refractivity contribution in [1.82, 2.24) is 5.32 Å². The third-order valence-corrected chi connectivity index (χ3v) is 0.826. The molecule has 0 rings (SSSR count). The van der Waals surface area contributed by atoms with Crippen LogP contribution in [0.1, 0.15) is 13.8 Å². The van der Waals surface area contributed by atoms with Gasteiger partial charge in [-0.05, 0) is 13.5 Å². The van der Waals surface area contributed by atoms with Gasteiger partial charge in [0.05, 0.1) is 6.61 Å². The molecule has 3 heteroatoms. The van der Waals surface area contributed by atoms with Gasteiger partial charge < -0.3 is 10.4 Å². The molecule has 0 aliphatic rings. The van der Waals surface area contributed by atoms with Crippen LogP contribution in [0.5, 0.6) is 0 Å². The molecule has 0 spiro atoms. The van der Waals surface area contributed by atoms with Crippen molar-refractivity contribution in [3.8, 4) is 0 Å². The fourth-order valence-corrected chi connectivity index (χ4v) is 0.413. The van der Waals surface area contributed by atoms with Gasteiger partial charge in [-0.15, -0.1) is 12.4 Å². The molecule has 0 fully saturated rings. The Morgan fingerprint density at radius 1 is 1.62 bits per heavy atom. The highest BCUT2D eigenvalue weighted by Gasteiger charge is 1.91. The number of aliphatic hydroxyl groups excluding tert-OH is 1. The molecule has 0 aromatic heterocycles. The maximum atomic E-state index is 8.40. The normalized spacial score (nSPS) is 12.4. The van der Waals surface area contributed by atoms with E-state index >= 15 is 0 Å². The van der Waals surface area contributed by atoms with E-state index in [-0.39, 0.29) is 25.1 Å². The van der Waals surface area contributed by atoms with E-state index < -0.39 is 0 Å². The fourth-order valence-electron chi connectivity index (χ4n) is 0.413. The van der Waals surface area contributed by atoms with Gasteiger partial charge in [0.15, 0.2) is 0 Å². The van der Waals surface area contributed by atoms with Gasteiger partial charge in [0.1, 0.15) is 0 Å². The Bertz CT molecular complexity index is 43.4. The van der Waals surface area contributed by atoms with Crippen LogP contribution in [-0.2, 0) is 0 Å². The SMILES string of the molecule is CCNC(C)CO.Cl. The second kappa shape index (κ2) is 7.21. The molecule has 1 unspecified atom stereocenters. The molecule has 0 amide bonds. The molecule has 0 bridgehead atoms. The number of hydrogen-bond donors (Lipinski definition) is 2. The summed E-state index contributed by atoms with van der Waals surface area (Å²) in [6, 6.07) is 0.255. The summed E-state index contributed by atoms with van der Waals surface area (Å²) in [7, 11) is 0. The van der Waals surface area contributed by atoms with E-state index in [4.69, 9.17) is 5.11 Å². The van der Waals surface area contributed by atoms with Crippen molar-refractivity contribution in [2.75, 3.05) is 13.2 Å². The molecular weight excluding hydrogens is 126 g/mol. The van der Waals surface area contributed by atoms with Gasteiger partial charge in [-0.3, -0.25) is 0 Å². The van der Waals surface area contributed by atoms with Crippen molar-refractivity contribution in [3.63, 3.8) is 0 Å². The summed E-state index contributed by atoms with van der Waals surface area (Å²) < 4.78 is 0. The van der Waals surface area contributed by atoms with Crippen LogP contribution in [0.2, 0.25) is 0 Å². The molecule has 0 heterocycles. The van der Waals surface area contributed by atoms with Gasteiger partial charge in [-0.1, -0.05) is 6.92 Å². The lowest BCUT2D eigenvalue weighted by Gasteiger charge is -2.05. The van der Waals surface area contributed by atoms with E-state index in [1.807, 2.05) is 13.8 Å². The molecule has 0 aromatic carbocycles. The lowest BCUT2D eigenvalue weighted by atomic mass is 10.4. The Balaban J connectivity index is 0. The van der Waals surface area contributed by atoms with Crippen LogP contribution in [0.4, 0.5) is 0 Å². The quantitative estimate of drug-likeness (QED) is 0.594. The van der Waals surface area contributed by atoms with Crippen molar-refractivity contribution < 1.29 is 5.11 Å². The van der Waals surface area contributed by atoms with E-state index in [2.05, 4.69) is 5.32 Å². The van der Waals surface area contributed by atoms with E-state index in [0.717, 1.165) is 6.54 Å². The van der Waals surface area contributed by atoms with Crippen molar-refractivity contribution in [2.24, 2.45) is 0 Å². The first-order chi connectivity index (χ1) is 3.31. The molecule has 2 nitrogen and oxygen atoms in total. The van der Waals surface area contributed by atoms with Crippen LogP contribution >= 0.6 is 12.4 Å². The van der Waals surface area contributed by atoms with Crippen LogP contribution in [0.15, 0.2) is 0 Å². The summed E-state index contributed by atoms with van der Waals surface area (Å²) in [4.78, 5) is 0. The average Bonchev–Trinajstić information content (AvgIpc) is 1.68. The average molecular weight is 140 g/mol. The number of hydrogen-bond acceptors (Lipinski definition) is 2. The zero-order valence-corrected chi connectivity index (χ0v) is 6.16. The molecular formula is C5H14ClNO. The number of halogens is 1. The number of nitrogens with one attached hydrogen (secondary N) is 1. The number of likely N-dealkylation sites (N-methyl/N-ethyl adjacent to an activating group) is 1. The first-order valence-corrected chi connectivity index (χ1v) is 2.65. The van der Waals surface area contributed by atoms with Crippen LogP contribution in [0, 0.1) is 0 Å². The molecule has 0 saturated carbocycles. The second-order valence-electron chi connectivity index (χ2n) is 1.64. The molecule has 0 aromatic rings. The summed E-state index contributed by atoms with van der Waals surface area (Å²) >= 11 is 0. The number of aliphatic hydroxyl groups is 1. The lowest BCUT2D eigenvalue weighted by Crippen LogP contribution is -2.28. The highest BCUT2D eigenvalue weighted by Crippen LogP contribution is 1.73. The van der Waals surface area contributed by atoms with Gasteiger partial charge >= 0.3 is 0 Å². The Hall–Kier alpha value is 0.210. The predicted molar refractivity (Wildman–Crippen MR) is 37.5 cm³/mol. The molecule has 52 valence electrons. The summed E-state index contributed by atoms with van der Waals surface area (Å²) in [5, 5.41) is 11.4. The van der Waals surface area contributed by atoms with Gasteiger partial charge in [0, 0.05) is 6.04 Å². The van der Waals surface area contributed by atoms with Crippen LogP contribution in [0.25, 0.3) is 0 Å². The monoisotopic (exact) mass is 139 g/mol. The van der Waals surface area contributed by atoms with Gasteiger partial charge in [-0.2, -0.15) is 0 Å². The summed E-state index contributed by atoms with van der Waals surface area (Å²) in [5.74, 6) is 0. The summed E-state index contributed by atoms with van der Waals surface area (Å²) in [5.41, 5.74) is 0. The minimum Gasteiger partial charge on any atom is -0.395 e. The standard InChI is InChI=1S/C5H13NO.ClH/c1-3-6-5(2)4-7;/h5-7H,3-4H2,1-2H3;1H. The molecule has 0 saturated heterocycles. The van der Waals surface area contributed by atoms with Crippen molar-refractivity contribution in [3.05, 3.63) is 0 Å². The summed E-state index contributed by atoms with van der Waals surface area (Å²) in [6.07, 6.45) is 0. The smallest absolute Gasteiger partial charge is 0.0581 e. The fraction of sp³-hybridized carbons (Fsp3) is 1.00. The second-order valence-corrected chi connectivity index (χ2v) is 1.64. The first kappa shape index (κ1) is 11.1. The lowest BCUT2D eigenvalue weighted by molar-refractivity contribution is 0.253. The van der Waals surface area contributed by atoms with E-state index in [0.29, 0.717) is 0 Å². The molecule has 1 atom stereocenters. The van der Waals surface area contributed by atoms with Crippen molar-refractivity contribution in [1.29, 1.82) is 0 Å². The first-order valence-electron chi connectivity index (χ1n) is 2.65. The van der Waals surface area contributed by atoms with Crippen LogP contribution in [-0.4, -0.2) is 24.3 Å². The molecule has 0 aliphatic carbocycles. The van der Waals surface area contributed by atoms with E-state index in [1.165, 1.54) is 0 Å². The third-order valence-electron chi connectivity index (χ3n) is 0.826. The van der Waals surface area contributed by atoms with Crippen LogP contribution in [0.3, 0.4) is 0 Å². The van der Waals surface area contributed by atoms with E-state index in [1.54, 1.807) is 0 Å². The number of rotatable bonds is 3. The maximum Gasteiger partial charge on any atom is 0.0581 e. The predicted octanol–water partition coefficient (Wildman–Crippen LogP) is 0.398. The third kappa shape index (κ3) is 6.21. The van der Waals surface area contributed by atoms with E-state index in [9.17, 15) is 0 Å². The Kier molecular flexibility index (Phi) is 9.97. The minimum absolute atomic E-state index is 0. The Labute approximate surface area is 56.7 Å². The molecule has 0 aliphatic heterocycles. The Morgan fingerprint density at radius 2 is 2.12 bits per heavy atom. The highest BCUT2D eigenvalue weighted by atomic mass is 35.5. The zero-order valence-electron chi connectivity index (χ0n) is 5.35. The summed E-state index contributed by atoms with van der Waals surface area (Å²) in [6.45, 7) is 5.13. The van der Waals surface area contributed by atoms with Crippen LogP contribution < -0.4 is 5.32 Å². The van der Waals surface area contributed by atoms with Gasteiger partial charge in [0.2, 0.25) is 0 Å². The Morgan fingerprint density at radius 3 is 2.25 bits per heavy atom. The molecule has 0 radical (unpaired) electrons. The largest absolute Gasteiger partial charge is 0.395 e. The van der Waals surface area contributed by atoms with Gasteiger partial charge in [0.25, 0.3) is 0 Å². The topological polar surface area (TPSA) is 32.3 Å². The minimum atomic E-state index is 0. The van der Waals surface area contributed by atoms with Crippen molar-refractivity contribution in [2.45, 2.75) is 19.9 Å². The highest BCUT2D eigenvalue weighted by molar-refractivity contribution is 5.85. The molecule has 8 heavy (non-hydrogen) atoms. The maximum absolute atomic E-state index is 8.40. The van der Waals surface area contributed by atoms with Crippen molar-refractivity contribution >= 4 is 12.4 Å². The molecule has 2 N–H and O–H groups in total. The zero-order chi connectivity index (χ0) is 5.70.